The van der Waals surface area contributed by atoms with E-state index < -0.39 is 0 Å². The van der Waals surface area contributed by atoms with Crippen molar-refractivity contribution >= 4 is 29.9 Å². The van der Waals surface area contributed by atoms with Crippen molar-refractivity contribution in [2.75, 3.05) is 39.9 Å². The van der Waals surface area contributed by atoms with Gasteiger partial charge in [0, 0.05) is 31.7 Å². The lowest BCUT2D eigenvalue weighted by molar-refractivity contribution is -0.0333. The molecule has 0 spiro atoms. The van der Waals surface area contributed by atoms with Gasteiger partial charge in [0.2, 0.25) is 0 Å². The molecule has 22 heavy (non-hydrogen) atoms. The van der Waals surface area contributed by atoms with Crippen LogP contribution in [0, 0.1) is 0 Å². The maximum atomic E-state index is 6.20. The summed E-state index contributed by atoms with van der Waals surface area (Å²) >= 11 is 0. The molecule has 5 nitrogen and oxygen atoms in total. The maximum absolute atomic E-state index is 6.20. The first-order chi connectivity index (χ1) is 10.2. The fourth-order valence-corrected chi connectivity index (χ4v) is 3.81. The second kappa shape index (κ2) is 8.15. The number of nitrogens with zero attached hydrogens (tertiary/aromatic N) is 3. The molecule has 2 aliphatic carbocycles. The van der Waals surface area contributed by atoms with Crippen LogP contribution in [0.5, 0.6) is 0 Å². The minimum absolute atomic E-state index is 0. The van der Waals surface area contributed by atoms with Gasteiger partial charge in [0.15, 0.2) is 5.96 Å². The Hall–Kier alpha value is -0.0800. The van der Waals surface area contributed by atoms with Gasteiger partial charge >= 0.3 is 0 Å². The van der Waals surface area contributed by atoms with Gasteiger partial charge in [-0.05, 0) is 25.7 Å². The molecule has 3 aliphatic rings. The molecule has 0 radical (unpaired) electrons. The van der Waals surface area contributed by atoms with Crippen molar-refractivity contribution in [2.24, 2.45) is 10.7 Å². The quantitative estimate of drug-likeness (QED) is 0.428. The van der Waals surface area contributed by atoms with Crippen LogP contribution in [0.15, 0.2) is 4.99 Å². The Kier molecular flexibility index (Phi) is 6.76. The molecule has 1 aliphatic heterocycles. The van der Waals surface area contributed by atoms with Crippen molar-refractivity contribution < 1.29 is 4.74 Å². The average Bonchev–Trinajstić information content (AvgIpc) is 3.38. The maximum Gasteiger partial charge on any atom is 0.191 e. The predicted molar refractivity (Wildman–Crippen MR) is 101 cm³/mol. The molecule has 2 N–H and O–H groups in total. The molecule has 0 aromatic carbocycles. The third kappa shape index (κ3) is 4.26. The molecule has 2 saturated carbocycles. The lowest BCUT2D eigenvalue weighted by Gasteiger charge is -2.47. The number of rotatable bonds is 4. The summed E-state index contributed by atoms with van der Waals surface area (Å²) in [4.78, 5) is 9.59. The molecule has 0 aromatic rings. The van der Waals surface area contributed by atoms with Gasteiger partial charge in [-0.2, -0.15) is 0 Å². The van der Waals surface area contributed by atoms with Gasteiger partial charge in [-0.25, -0.2) is 0 Å². The van der Waals surface area contributed by atoms with Crippen LogP contribution in [0.25, 0.3) is 0 Å². The highest BCUT2D eigenvalue weighted by Crippen LogP contribution is 2.35. The zero-order valence-corrected chi connectivity index (χ0v) is 16.1. The summed E-state index contributed by atoms with van der Waals surface area (Å²) in [5, 5.41) is 0. The SMILES string of the molecule is CN(C(N)=NCC1(N2CCOCC2)CCCCC1)C1CC1.I. The molecular weight excluding hydrogens is 391 g/mol. The smallest absolute Gasteiger partial charge is 0.191 e. The molecule has 3 rings (SSSR count). The van der Waals surface area contributed by atoms with E-state index in [9.17, 15) is 0 Å². The number of morpholine rings is 1. The van der Waals surface area contributed by atoms with Crippen LogP contribution < -0.4 is 5.73 Å². The van der Waals surface area contributed by atoms with Crippen molar-refractivity contribution in [1.82, 2.24) is 9.80 Å². The normalized spacial score (nSPS) is 26.3. The van der Waals surface area contributed by atoms with Crippen molar-refractivity contribution in [1.29, 1.82) is 0 Å². The summed E-state index contributed by atoms with van der Waals surface area (Å²) in [5.41, 5.74) is 6.43. The molecule has 0 bridgehead atoms. The third-order valence-corrected chi connectivity index (χ3v) is 5.46. The first kappa shape index (κ1) is 18.3. The van der Waals surface area contributed by atoms with E-state index in [1.807, 2.05) is 0 Å². The number of guanidine groups is 1. The van der Waals surface area contributed by atoms with E-state index in [0.717, 1.165) is 38.8 Å². The first-order valence-corrected chi connectivity index (χ1v) is 8.57. The highest BCUT2D eigenvalue weighted by atomic mass is 127. The van der Waals surface area contributed by atoms with Crippen LogP contribution in [0.3, 0.4) is 0 Å². The van der Waals surface area contributed by atoms with E-state index >= 15 is 0 Å². The number of aliphatic imine (C=N–C) groups is 1. The highest BCUT2D eigenvalue weighted by Gasteiger charge is 2.38. The van der Waals surface area contributed by atoms with Crippen molar-refractivity contribution in [3.05, 3.63) is 0 Å². The lowest BCUT2D eigenvalue weighted by atomic mass is 9.80. The largest absolute Gasteiger partial charge is 0.379 e. The summed E-state index contributed by atoms with van der Waals surface area (Å²) in [5.74, 6) is 0.732. The molecule has 0 aromatic heterocycles. The van der Waals surface area contributed by atoms with Gasteiger partial charge in [-0.3, -0.25) is 9.89 Å². The number of ether oxygens (including phenoxy) is 1. The molecule has 0 unspecified atom stereocenters. The summed E-state index contributed by atoms with van der Waals surface area (Å²) < 4.78 is 5.53. The van der Waals surface area contributed by atoms with E-state index in [1.165, 1.54) is 44.9 Å². The Morgan fingerprint density at radius 3 is 2.45 bits per heavy atom. The van der Waals surface area contributed by atoms with Gasteiger partial charge in [0.25, 0.3) is 0 Å². The van der Waals surface area contributed by atoms with Gasteiger partial charge in [-0.15, -0.1) is 24.0 Å². The second-order valence-corrected chi connectivity index (χ2v) is 6.90. The van der Waals surface area contributed by atoms with Crippen molar-refractivity contribution in [2.45, 2.75) is 56.5 Å². The minimum atomic E-state index is 0. The summed E-state index contributed by atoms with van der Waals surface area (Å²) in [6, 6.07) is 0.638. The molecule has 3 fully saturated rings. The Labute approximate surface area is 151 Å². The molecule has 128 valence electrons. The van der Waals surface area contributed by atoms with Crippen LogP contribution in [0.4, 0.5) is 0 Å². The van der Waals surface area contributed by atoms with Crippen molar-refractivity contribution in [3.8, 4) is 0 Å². The summed E-state index contributed by atoms with van der Waals surface area (Å²) in [7, 11) is 2.08. The van der Waals surface area contributed by atoms with E-state index in [4.69, 9.17) is 15.5 Å². The van der Waals surface area contributed by atoms with E-state index in [1.54, 1.807) is 0 Å². The van der Waals surface area contributed by atoms with Crippen LogP contribution in [0.1, 0.15) is 44.9 Å². The van der Waals surface area contributed by atoms with Crippen LogP contribution >= 0.6 is 24.0 Å². The Balaban J connectivity index is 0.00000176. The van der Waals surface area contributed by atoms with Gasteiger partial charge in [-0.1, -0.05) is 19.3 Å². The fourth-order valence-electron chi connectivity index (χ4n) is 3.81. The lowest BCUT2D eigenvalue weighted by Crippen LogP contribution is -2.56. The first-order valence-electron chi connectivity index (χ1n) is 8.57. The number of hydrogen-bond acceptors (Lipinski definition) is 3. The monoisotopic (exact) mass is 422 g/mol. The zero-order valence-electron chi connectivity index (χ0n) is 13.8. The zero-order chi connectivity index (χ0) is 14.7. The number of nitrogens with two attached hydrogens (primary N) is 1. The molecule has 1 saturated heterocycles. The van der Waals surface area contributed by atoms with Crippen LogP contribution in [0.2, 0.25) is 0 Å². The van der Waals surface area contributed by atoms with Crippen molar-refractivity contribution in [3.63, 3.8) is 0 Å². The minimum Gasteiger partial charge on any atom is -0.379 e. The van der Waals surface area contributed by atoms with E-state index in [-0.39, 0.29) is 29.5 Å². The Morgan fingerprint density at radius 2 is 1.86 bits per heavy atom. The standard InChI is InChI=1S/C16H30N4O.HI/c1-19(14-5-6-14)15(17)18-13-16(7-3-2-4-8-16)20-9-11-21-12-10-20;/h14H,2-13H2,1H3,(H2,17,18);1H. The average molecular weight is 422 g/mol. The van der Waals surface area contributed by atoms with Crippen LogP contribution in [-0.2, 0) is 4.74 Å². The Bertz CT molecular complexity index is 374. The van der Waals surface area contributed by atoms with Gasteiger partial charge in [0.1, 0.15) is 0 Å². The number of hydrogen-bond donors (Lipinski definition) is 1. The molecular formula is C16H31IN4O. The topological polar surface area (TPSA) is 54.1 Å². The van der Waals surface area contributed by atoms with E-state index in [0.29, 0.717) is 6.04 Å². The van der Waals surface area contributed by atoms with Crippen LogP contribution in [-0.4, -0.2) is 67.2 Å². The third-order valence-electron chi connectivity index (χ3n) is 5.46. The predicted octanol–water partition coefficient (Wildman–Crippen LogP) is 2.05. The molecule has 0 amide bonds. The molecule has 0 atom stereocenters. The van der Waals surface area contributed by atoms with Gasteiger partial charge < -0.3 is 15.4 Å². The molecule has 6 heteroatoms. The Morgan fingerprint density at radius 1 is 1.23 bits per heavy atom. The summed E-state index contributed by atoms with van der Waals surface area (Å²) in [6.45, 7) is 4.68. The fraction of sp³-hybridized carbons (Fsp3) is 0.938. The highest BCUT2D eigenvalue weighted by molar-refractivity contribution is 14.0. The second-order valence-electron chi connectivity index (χ2n) is 6.90. The summed E-state index contributed by atoms with van der Waals surface area (Å²) in [6.07, 6.45) is 9.07. The number of halogens is 1. The molecule has 1 heterocycles. The van der Waals surface area contributed by atoms with Gasteiger partial charge in [0.05, 0.1) is 19.8 Å². The van der Waals surface area contributed by atoms with E-state index in [2.05, 4.69) is 16.8 Å².